The number of hydrogen-bond acceptors (Lipinski definition) is 7. The Morgan fingerprint density at radius 2 is 1.79 bits per heavy atom. The van der Waals surface area contributed by atoms with E-state index >= 15 is 0 Å². The lowest BCUT2D eigenvalue weighted by Crippen LogP contribution is -2.35. The summed E-state index contributed by atoms with van der Waals surface area (Å²) >= 11 is 0. The number of nitrogens with zero attached hydrogens (tertiary/aromatic N) is 3. The highest BCUT2D eigenvalue weighted by Gasteiger charge is 2.32. The zero-order valence-electron chi connectivity index (χ0n) is 28.6. The van der Waals surface area contributed by atoms with Crippen LogP contribution in [0.1, 0.15) is 109 Å². The molecule has 6 rings (SSSR count). The zero-order valence-corrected chi connectivity index (χ0v) is 29.4. The first kappa shape index (κ1) is 33.5. The number of methoxy groups -OCH3 is 1. The Morgan fingerprint density at radius 1 is 1.04 bits per heavy atom. The molecule has 0 saturated heterocycles. The molecule has 2 aromatic carbocycles. The first-order valence-corrected chi connectivity index (χ1v) is 18.4. The maximum atomic E-state index is 13.4. The van der Waals surface area contributed by atoms with Gasteiger partial charge >= 0.3 is 5.97 Å². The van der Waals surface area contributed by atoms with Gasteiger partial charge in [-0.05, 0) is 106 Å². The molecule has 2 aliphatic rings. The quantitative estimate of drug-likeness (QED) is 0.189. The van der Waals surface area contributed by atoms with E-state index in [-0.39, 0.29) is 12.2 Å². The average Bonchev–Trinajstić information content (AvgIpc) is 3.52. The Balaban J connectivity index is 1.65. The number of esters is 1. The van der Waals surface area contributed by atoms with Gasteiger partial charge in [0.05, 0.1) is 42.6 Å². The SMILES string of the molecule is CCOC(=O)c1c(C)nn(CC)c1C1=Cc2cc(OC)ccc2-c2c(C3CCCCC3)c3ccc(C(=O)NS(=O)(=O)C(C)C)cc3n2C1. The number of rotatable bonds is 9. The van der Waals surface area contributed by atoms with Gasteiger partial charge in [0.1, 0.15) is 11.3 Å². The number of allylic oxidation sites excluding steroid dienone is 1. The van der Waals surface area contributed by atoms with Crippen molar-refractivity contribution in [1.29, 1.82) is 0 Å². The van der Waals surface area contributed by atoms with Crippen LogP contribution < -0.4 is 9.46 Å². The third-order valence-corrected chi connectivity index (χ3v) is 11.3. The second kappa shape index (κ2) is 13.3. The number of carbonyl (C=O) groups is 2. The number of amides is 1. The van der Waals surface area contributed by atoms with E-state index < -0.39 is 27.1 Å². The molecule has 1 aliphatic carbocycles. The summed E-state index contributed by atoms with van der Waals surface area (Å²) in [6.07, 6.45) is 7.71. The van der Waals surface area contributed by atoms with Crippen molar-refractivity contribution in [2.75, 3.05) is 13.7 Å². The first-order valence-electron chi connectivity index (χ1n) is 16.8. The Hall–Kier alpha value is -4.38. The average molecular weight is 673 g/mol. The standard InChI is InChI=1S/C37H44N4O6S/c1-7-41-34(32(23(5)38-41)37(43)47-8-2)27-18-26-19-28(46-6)15-17-29(26)35-33(24-12-10-9-11-13-24)30-16-14-25(20-31(30)40(35)21-27)36(42)39-48(44,45)22(3)4/h14-20,22,24H,7-13,21H2,1-6H3,(H,39,42). The van der Waals surface area contributed by atoms with Crippen molar-refractivity contribution in [2.45, 2.75) is 91.0 Å². The van der Waals surface area contributed by atoms with Crippen LogP contribution in [0.15, 0.2) is 36.4 Å². The molecule has 10 nitrogen and oxygen atoms in total. The molecule has 0 bridgehead atoms. The summed E-state index contributed by atoms with van der Waals surface area (Å²) in [5.74, 6) is -0.0663. The fraction of sp³-hybridized carbons (Fsp3) is 0.432. The van der Waals surface area contributed by atoms with Crippen molar-refractivity contribution in [2.24, 2.45) is 0 Å². The highest BCUT2D eigenvalue weighted by molar-refractivity contribution is 7.90. The predicted octanol–water partition coefficient (Wildman–Crippen LogP) is 7.09. The van der Waals surface area contributed by atoms with E-state index in [0.29, 0.717) is 41.7 Å². The van der Waals surface area contributed by atoms with Gasteiger partial charge in [0.15, 0.2) is 0 Å². The number of nitrogens with one attached hydrogen (secondary N) is 1. The number of fused-ring (bicyclic) bond motifs is 5. The third kappa shape index (κ3) is 5.93. The molecule has 0 radical (unpaired) electrons. The second-order valence-electron chi connectivity index (χ2n) is 12.9. The third-order valence-electron chi connectivity index (χ3n) is 9.62. The van der Waals surface area contributed by atoms with Crippen LogP contribution in [-0.4, -0.2) is 53.6 Å². The van der Waals surface area contributed by atoms with Crippen LogP contribution >= 0.6 is 0 Å². The number of carbonyl (C=O) groups excluding carboxylic acids is 2. The largest absolute Gasteiger partial charge is 0.497 e. The monoisotopic (exact) mass is 672 g/mol. The minimum absolute atomic E-state index is 0.239. The lowest BCUT2D eigenvalue weighted by molar-refractivity contribution is 0.0525. The highest BCUT2D eigenvalue weighted by Crippen LogP contribution is 2.48. The van der Waals surface area contributed by atoms with Crippen LogP contribution in [0.5, 0.6) is 5.75 Å². The molecule has 0 spiro atoms. The molecule has 0 atom stereocenters. The minimum atomic E-state index is -3.83. The fourth-order valence-corrected chi connectivity index (χ4v) is 7.83. The molecule has 3 heterocycles. The van der Waals surface area contributed by atoms with Crippen LogP contribution in [0, 0.1) is 6.92 Å². The molecule has 48 heavy (non-hydrogen) atoms. The van der Waals surface area contributed by atoms with Crippen LogP contribution in [0.4, 0.5) is 0 Å². The molecular formula is C37H44N4O6S. The van der Waals surface area contributed by atoms with Crippen molar-refractivity contribution in [3.63, 3.8) is 0 Å². The van der Waals surface area contributed by atoms with Gasteiger partial charge in [-0.2, -0.15) is 5.10 Å². The van der Waals surface area contributed by atoms with Gasteiger partial charge in [-0.1, -0.05) is 25.3 Å². The number of benzene rings is 2. The predicted molar refractivity (Wildman–Crippen MR) is 188 cm³/mol. The Kier molecular flexibility index (Phi) is 9.26. The molecule has 254 valence electrons. The van der Waals surface area contributed by atoms with Gasteiger partial charge in [0.25, 0.3) is 5.91 Å². The van der Waals surface area contributed by atoms with E-state index in [1.165, 1.54) is 25.8 Å². The maximum absolute atomic E-state index is 13.4. The van der Waals surface area contributed by atoms with Crippen LogP contribution in [0.3, 0.4) is 0 Å². The van der Waals surface area contributed by atoms with E-state index in [1.807, 2.05) is 36.7 Å². The molecule has 0 unspecified atom stereocenters. The summed E-state index contributed by atoms with van der Waals surface area (Å²) in [5.41, 5.74) is 7.91. The molecule has 1 N–H and O–H groups in total. The summed E-state index contributed by atoms with van der Waals surface area (Å²) in [6.45, 7) is 9.84. The summed E-state index contributed by atoms with van der Waals surface area (Å²) in [5, 5.41) is 5.02. The van der Waals surface area contributed by atoms with Crippen LogP contribution in [0.2, 0.25) is 0 Å². The minimum Gasteiger partial charge on any atom is -0.497 e. The molecular weight excluding hydrogens is 628 g/mol. The van der Waals surface area contributed by atoms with Gasteiger partial charge in [0, 0.05) is 28.6 Å². The maximum Gasteiger partial charge on any atom is 0.342 e. The molecule has 1 aliphatic heterocycles. The van der Waals surface area contributed by atoms with Gasteiger partial charge in [-0.25, -0.2) is 17.9 Å². The summed E-state index contributed by atoms with van der Waals surface area (Å²) < 4.78 is 42.8. The second-order valence-corrected chi connectivity index (χ2v) is 15.1. The Labute approximate surface area is 282 Å². The number of hydrogen-bond donors (Lipinski definition) is 1. The van der Waals surface area contributed by atoms with Crippen molar-refractivity contribution >= 4 is 44.5 Å². The Bertz CT molecular complexity index is 2050. The van der Waals surface area contributed by atoms with E-state index in [1.54, 1.807) is 26.2 Å². The summed E-state index contributed by atoms with van der Waals surface area (Å²) in [6, 6.07) is 11.6. The summed E-state index contributed by atoms with van der Waals surface area (Å²) in [7, 11) is -2.18. The van der Waals surface area contributed by atoms with Crippen LogP contribution in [-0.2, 0) is 27.8 Å². The number of ether oxygens (including phenoxy) is 2. The van der Waals surface area contributed by atoms with Gasteiger partial charge < -0.3 is 14.0 Å². The number of aromatic nitrogens is 3. The van der Waals surface area contributed by atoms with Gasteiger partial charge in [0.2, 0.25) is 10.0 Å². The van der Waals surface area contributed by atoms with Gasteiger partial charge in [-0.3, -0.25) is 9.48 Å². The van der Waals surface area contributed by atoms with Crippen molar-refractivity contribution in [3.05, 3.63) is 70.0 Å². The molecule has 4 aromatic rings. The molecule has 1 amide bonds. The molecule has 2 aromatic heterocycles. The van der Waals surface area contributed by atoms with Crippen LogP contribution in [0.25, 0.3) is 33.8 Å². The lowest BCUT2D eigenvalue weighted by Gasteiger charge is -2.24. The normalized spacial score (nSPS) is 15.1. The van der Waals surface area contributed by atoms with Crippen molar-refractivity contribution in [3.8, 4) is 17.0 Å². The van der Waals surface area contributed by atoms with Crippen molar-refractivity contribution in [1.82, 2.24) is 19.1 Å². The van der Waals surface area contributed by atoms with E-state index in [0.717, 1.165) is 59.0 Å². The van der Waals surface area contributed by atoms with E-state index in [9.17, 15) is 18.0 Å². The first-order chi connectivity index (χ1) is 23.0. The lowest BCUT2D eigenvalue weighted by atomic mass is 9.81. The summed E-state index contributed by atoms with van der Waals surface area (Å²) in [4.78, 5) is 26.8. The highest BCUT2D eigenvalue weighted by atomic mass is 32.2. The zero-order chi connectivity index (χ0) is 34.3. The molecule has 1 fully saturated rings. The van der Waals surface area contributed by atoms with E-state index in [2.05, 4.69) is 21.4 Å². The van der Waals surface area contributed by atoms with Gasteiger partial charge in [-0.15, -0.1) is 0 Å². The number of aryl methyl sites for hydroxylation is 2. The fourth-order valence-electron chi connectivity index (χ4n) is 7.22. The Morgan fingerprint density at radius 3 is 2.46 bits per heavy atom. The topological polar surface area (TPSA) is 122 Å². The number of sulfonamides is 1. The molecule has 1 saturated carbocycles. The molecule has 11 heteroatoms. The van der Waals surface area contributed by atoms with Crippen molar-refractivity contribution < 1.29 is 27.5 Å². The smallest absolute Gasteiger partial charge is 0.342 e. The van der Waals surface area contributed by atoms with E-state index in [4.69, 9.17) is 14.6 Å².